The predicted octanol–water partition coefficient (Wildman–Crippen LogP) is 3.81. The Morgan fingerprint density at radius 1 is 0.549 bits per heavy atom. The van der Waals surface area contributed by atoms with E-state index in [2.05, 4.69) is 41.7 Å². The van der Waals surface area contributed by atoms with Gasteiger partial charge in [0.25, 0.3) is 0 Å². The van der Waals surface area contributed by atoms with Crippen molar-refractivity contribution in [3.05, 3.63) is 12.2 Å². The number of rotatable bonds is 37. The smallest absolute Gasteiger partial charge is 0.326 e. The van der Waals surface area contributed by atoms with E-state index in [1.807, 2.05) is 0 Å². The summed E-state index contributed by atoms with van der Waals surface area (Å²) in [6.07, 6.45) is 14.7. The van der Waals surface area contributed by atoms with Gasteiger partial charge in [-0.3, -0.25) is 19.2 Å². The first-order chi connectivity index (χ1) is 24.6. The third-order valence-corrected chi connectivity index (χ3v) is 7.75. The van der Waals surface area contributed by atoms with Crippen LogP contribution >= 0.6 is 0 Å². The Kier molecular flexibility index (Phi) is 33.2. The Hall–Kier alpha value is -3.07. The summed E-state index contributed by atoms with van der Waals surface area (Å²) in [5.41, 5.74) is 1.26. The van der Waals surface area contributed by atoms with Gasteiger partial charge in [-0.1, -0.05) is 70.3 Å². The highest BCUT2D eigenvalue weighted by atomic mass is 16.5. The molecule has 0 aromatic carbocycles. The highest BCUT2D eigenvalue weighted by Crippen LogP contribution is 2.13. The molecule has 296 valence electrons. The third-order valence-electron chi connectivity index (χ3n) is 7.75. The van der Waals surface area contributed by atoms with Crippen LogP contribution < -0.4 is 21.3 Å². The molecule has 51 heavy (non-hydrogen) atoms. The van der Waals surface area contributed by atoms with Crippen molar-refractivity contribution in [2.24, 2.45) is 0 Å². The molecule has 0 radical (unpaired) electrons. The predicted molar refractivity (Wildman–Crippen MR) is 196 cm³/mol. The van der Waals surface area contributed by atoms with Crippen molar-refractivity contribution in [3.8, 4) is 0 Å². The molecule has 0 aromatic rings. The number of hydrogen-bond acceptors (Lipinski definition) is 9. The molecule has 0 fully saturated rings. The van der Waals surface area contributed by atoms with Crippen LogP contribution in [0.15, 0.2) is 12.2 Å². The van der Waals surface area contributed by atoms with Gasteiger partial charge < -0.3 is 45.3 Å². The van der Waals surface area contributed by atoms with Crippen LogP contribution in [-0.4, -0.2) is 113 Å². The summed E-state index contributed by atoms with van der Waals surface area (Å²) in [5.74, 6) is -2.25. The van der Waals surface area contributed by atoms with Crippen molar-refractivity contribution in [1.29, 1.82) is 0 Å². The quantitative estimate of drug-likeness (QED) is 0.0465. The zero-order valence-corrected chi connectivity index (χ0v) is 31.5. The molecule has 5 N–H and O–H groups in total. The van der Waals surface area contributed by atoms with E-state index in [9.17, 15) is 29.1 Å². The fraction of sp³-hybridized carbons (Fsp3) is 0.811. The first kappa shape index (κ1) is 47.9. The first-order valence-electron chi connectivity index (χ1n) is 18.9. The molecular weight excluding hydrogens is 660 g/mol. The second-order valence-electron chi connectivity index (χ2n) is 12.7. The van der Waals surface area contributed by atoms with Gasteiger partial charge in [0.15, 0.2) is 0 Å². The van der Waals surface area contributed by atoms with Crippen molar-refractivity contribution in [2.45, 2.75) is 123 Å². The average molecular weight is 729 g/mol. The maximum atomic E-state index is 12.3. The van der Waals surface area contributed by atoms with Gasteiger partial charge in [0, 0.05) is 32.5 Å². The number of allylic oxidation sites excluding steroid dienone is 1. The molecule has 14 heteroatoms. The van der Waals surface area contributed by atoms with E-state index in [0.29, 0.717) is 32.7 Å². The number of hydrogen-bond donors (Lipinski definition) is 5. The standard InChI is InChI=1S/C37H68N4O10/c1-4-5-20-38-35(44)29-50-27-26-49-24-22-40-36(45)30-51-28-25-48-23-21-39-33(42)19-18-32(37(46)47)41-34(43)17-15-13-11-9-7-6-8-10-12-14-16-31(2)3/h32H,2,4-30H2,1,3H3,(H,38,44)(H,39,42)(H,40,45)(H,41,43)(H,46,47). The highest BCUT2D eigenvalue weighted by molar-refractivity contribution is 5.84. The van der Waals surface area contributed by atoms with Crippen molar-refractivity contribution in [2.75, 3.05) is 72.5 Å². The minimum absolute atomic E-state index is 0.00323. The maximum Gasteiger partial charge on any atom is 0.326 e. The summed E-state index contributed by atoms with van der Waals surface area (Å²) < 4.78 is 21.2. The molecule has 0 rings (SSSR count). The van der Waals surface area contributed by atoms with Crippen molar-refractivity contribution < 1.29 is 48.0 Å². The molecule has 1 unspecified atom stereocenters. The Morgan fingerprint density at radius 3 is 1.49 bits per heavy atom. The summed E-state index contributed by atoms with van der Waals surface area (Å²) in [6, 6.07) is -1.11. The van der Waals surface area contributed by atoms with E-state index < -0.39 is 12.0 Å². The molecule has 0 spiro atoms. The molecule has 0 aliphatic carbocycles. The Morgan fingerprint density at radius 2 is 1.00 bits per heavy atom. The monoisotopic (exact) mass is 728 g/mol. The number of carboxylic acid groups (broad SMARTS) is 1. The number of carbonyl (C=O) groups is 5. The summed E-state index contributed by atoms with van der Waals surface area (Å²) >= 11 is 0. The summed E-state index contributed by atoms with van der Waals surface area (Å²) in [5, 5.41) is 20.1. The largest absolute Gasteiger partial charge is 0.480 e. The Bertz CT molecular complexity index is 950. The number of ether oxygens (including phenoxy) is 4. The molecule has 0 bridgehead atoms. The van der Waals surface area contributed by atoms with Crippen LogP contribution in [0.1, 0.15) is 117 Å². The van der Waals surface area contributed by atoms with Crippen LogP contribution in [0.2, 0.25) is 0 Å². The minimum Gasteiger partial charge on any atom is -0.480 e. The second kappa shape index (κ2) is 35.3. The highest BCUT2D eigenvalue weighted by Gasteiger charge is 2.20. The van der Waals surface area contributed by atoms with Crippen LogP contribution in [0.4, 0.5) is 0 Å². The molecule has 0 aromatic heterocycles. The van der Waals surface area contributed by atoms with Crippen molar-refractivity contribution >= 4 is 29.6 Å². The van der Waals surface area contributed by atoms with Gasteiger partial charge in [0.05, 0.1) is 39.6 Å². The molecule has 0 saturated carbocycles. The average Bonchev–Trinajstić information content (AvgIpc) is 3.09. The second-order valence-corrected chi connectivity index (χ2v) is 12.7. The minimum atomic E-state index is -1.16. The van der Waals surface area contributed by atoms with Gasteiger partial charge in [-0.2, -0.15) is 0 Å². The topological polar surface area (TPSA) is 191 Å². The molecule has 0 saturated heterocycles. The zero-order valence-electron chi connectivity index (χ0n) is 31.5. The van der Waals surface area contributed by atoms with Crippen LogP contribution in [-0.2, 0) is 42.9 Å². The lowest BCUT2D eigenvalue weighted by Gasteiger charge is -2.14. The summed E-state index contributed by atoms with van der Waals surface area (Å²) in [7, 11) is 0. The van der Waals surface area contributed by atoms with Gasteiger partial charge >= 0.3 is 5.97 Å². The van der Waals surface area contributed by atoms with Gasteiger partial charge in [0.2, 0.25) is 23.6 Å². The van der Waals surface area contributed by atoms with E-state index in [0.717, 1.165) is 38.5 Å². The van der Waals surface area contributed by atoms with Gasteiger partial charge in [-0.25, -0.2) is 4.79 Å². The fourth-order valence-electron chi connectivity index (χ4n) is 4.82. The van der Waals surface area contributed by atoms with E-state index in [-0.39, 0.29) is 89.1 Å². The van der Waals surface area contributed by atoms with Crippen LogP contribution in [0, 0.1) is 0 Å². The van der Waals surface area contributed by atoms with E-state index in [4.69, 9.17) is 18.9 Å². The van der Waals surface area contributed by atoms with E-state index in [1.165, 1.54) is 44.1 Å². The fourth-order valence-corrected chi connectivity index (χ4v) is 4.82. The van der Waals surface area contributed by atoms with Crippen LogP contribution in [0.5, 0.6) is 0 Å². The zero-order chi connectivity index (χ0) is 37.8. The van der Waals surface area contributed by atoms with E-state index >= 15 is 0 Å². The SMILES string of the molecule is C=C(C)CCCCCCCCCCCCC(=O)NC(CCC(=O)NCCOCCOCC(=O)NCCOCCOCC(=O)NCCCC)C(=O)O. The molecule has 14 nitrogen and oxygen atoms in total. The number of carbonyl (C=O) groups excluding carboxylic acids is 4. The van der Waals surface area contributed by atoms with E-state index in [1.54, 1.807) is 0 Å². The normalized spacial score (nSPS) is 11.5. The van der Waals surface area contributed by atoms with Gasteiger partial charge in [-0.15, -0.1) is 6.58 Å². The molecule has 0 aliphatic heterocycles. The van der Waals surface area contributed by atoms with Gasteiger partial charge in [-0.05, 0) is 39.0 Å². The van der Waals surface area contributed by atoms with Gasteiger partial charge in [0.1, 0.15) is 19.3 Å². The Balaban J connectivity index is 3.68. The lowest BCUT2D eigenvalue weighted by Crippen LogP contribution is -2.41. The number of unbranched alkanes of at least 4 members (excludes halogenated alkanes) is 10. The van der Waals surface area contributed by atoms with Crippen molar-refractivity contribution in [1.82, 2.24) is 21.3 Å². The third kappa shape index (κ3) is 35.1. The number of carboxylic acids is 1. The Labute approximate surface area is 305 Å². The number of nitrogens with one attached hydrogen (secondary N) is 4. The molecule has 1 atom stereocenters. The molecule has 0 aliphatic rings. The van der Waals surface area contributed by atoms with Crippen LogP contribution in [0.25, 0.3) is 0 Å². The number of amides is 4. The lowest BCUT2D eigenvalue weighted by atomic mass is 10.0. The molecule has 0 heterocycles. The lowest BCUT2D eigenvalue weighted by molar-refractivity contribution is -0.142. The van der Waals surface area contributed by atoms with Crippen molar-refractivity contribution in [3.63, 3.8) is 0 Å². The first-order valence-corrected chi connectivity index (χ1v) is 18.9. The molecular formula is C37H68N4O10. The summed E-state index contributed by atoms with van der Waals surface area (Å²) in [4.78, 5) is 59.3. The number of aliphatic carboxylic acids is 1. The maximum absolute atomic E-state index is 12.3. The van der Waals surface area contributed by atoms with Crippen LogP contribution in [0.3, 0.4) is 0 Å². The molecule has 4 amide bonds. The summed E-state index contributed by atoms with van der Waals surface area (Å²) in [6.45, 7) is 10.7.